The van der Waals surface area contributed by atoms with Gasteiger partial charge in [0, 0.05) is 0 Å². The molecule has 1 rings (SSSR count). The van der Waals surface area contributed by atoms with Gasteiger partial charge >= 0.3 is 37.7 Å². The molecule has 0 heterocycles. The molecule has 1 aromatic rings. The van der Waals surface area contributed by atoms with Crippen LogP contribution in [0.2, 0.25) is 0 Å². The Labute approximate surface area is 108 Å². The average Bonchev–Trinajstić information content (AvgIpc) is 2.15. The van der Waals surface area contributed by atoms with Crippen molar-refractivity contribution < 1.29 is 5.11 Å². The molecule has 0 bridgehead atoms. The fourth-order valence-electron chi connectivity index (χ4n) is 0.968. The van der Waals surface area contributed by atoms with Gasteiger partial charge in [-0.15, -0.1) is 0 Å². The van der Waals surface area contributed by atoms with Crippen LogP contribution in [0, 0.1) is 0 Å². The van der Waals surface area contributed by atoms with Gasteiger partial charge in [0.25, 0.3) is 0 Å². The van der Waals surface area contributed by atoms with Crippen molar-refractivity contribution in [3.63, 3.8) is 0 Å². The second-order valence-corrected chi connectivity index (χ2v) is 3.07. The van der Waals surface area contributed by atoms with Crippen LogP contribution in [0.4, 0.5) is 0 Å². The van der Waals surface area contributed by atoms with Crippen molar-refractivity contribution in [2.45, 2.75) is 19.8 Å². The molecular formula is C10H14CaO2. The molecule has 2 nitrogen and oxygen atoms in total. The van der Waals surface area contributed by atoms with Gasteiger partial charge in [-0.3, -0.25) is 4.79 Å². The van der Waals surface area contributed by atoms with E-state index in [0.29, 0.717) is 5.92 Å². The fraction of sp³-hybridized carbons (Fsp3) is 0.300. The van der Waals surface area contributed by atoms with Gasteiger partial charge in [-0.25, -0.2) is 0 Å². The summed E-state index contributed by atoms with van der Waals surface area (Å²) in [6.45, 7) is 4.03. The van der Waals surface area contributed by atoms with Crippen LogP contribution in [-0.2, 0) is 0 Å². The zero-order chi connectivity index (χ0) is 9.14. The van der Waals surface area contributed by atoms with Crippen LogP contribution in [0.25, 0.3) is 0 Å². The van der Waals surface area contributed by atoms with E-state index in [1.165, 1.54) is 12.1 Å². The van der Waals surface area contributed by atoms with Crippen LogP contribution in [0.5, 0.6) is 5.75 Å². The fourth-order valence-corrected chi connectivity index (χ4v) is 0.968. The van der Waals surface area contributed by atoms with E-state index in [1.807, 2.05) is 19.9 Å². The normalized spacial score (nSPS) is 9.46. The van der Waals surface area contributed by atoms with Gasteiger partial charge in [0.05, 0.1) is 0 Å². The minimum absolute atomic E-state index is 0. The summed E-state index contributed by atoms with van der Waals surface area (Å²) >= 11 is 0. The summed E-state index contributed by atoms with van der Waals surface area (Å²) in [5.41, 5.74) is 0.636. The molecule has 1 aromatic carbocycles. The number of hydrogen-bond acceptors (Lipinski definition) is 2. The molecule has 13 heavy (non-hydrogen) atoms. The van der Waals surface area contributed by atoms with Crippen molar-refractivity contribution in [1.82, 2.24) is 0 Å². The van der Waals surface area contributed by atoms with E-state index in [9.17, 15) is 9.90 Å². The zero-order valence-corrected chi connectivity index (χ0v) is 7.24. The number of hydrogen-bond donors (Lipinski definition) is 1. The molecule has 0 radical (unpaired) electrons. The molecule has 0 aliphatic heterocycles. The molecule has 0 aliphatic carbocycles. The summed E-state index contributed by atoms with van der Waals surface area (Å²) in [6.07, 6.45) is 0. The van der Waals surface area contributed by atoms with E-state index in [2.05, 4.69) is 0 Å². The predicted molar refractivity (Wildman–Crippen MR) is 57.0 cm³/mol. The third-order valence-corrected chi connectivity index (χ3v) is 1.76. The summed E-state index contributed by atoms with van der Waals surface area (Å²) in [4.78, 5) is 10.9. The Balaban J connectivity index is 0.00000144. The Kier molecular flexibility index (Phi) is 5.61. The van der Waals surface area contributed by atoms with Crippen LogP contribution in [0.3, 0.4) is 0 Å². The summed E-state index contributed by atoms with van der Waals surface area (Å²) in [6, 6.07) is 6.39. The molecule has 1 N–H and O–H groups in total. The molecule has 0 unspecified atom stereocenters. The third kappa shape index (κ3) is 3.67. The Morgan fingerprint density at radius 3 is 2.46 bits per heavy atom. The summed E-state index contributed by atoms with van der Waals surface area (Å²) in [7, 11) is 0. The summed E-state index contributed by atoms with van der Waals surface area (Å²) < 4.78 is 0. The average molecular weight is 206 g/mol. The first kappa shape index (κ1) is 12.9. The van der Waals surface area contributed by atoms with E-state index in [0.717, 1.165) is 5.56 Å². The van der Waals surface area contributed by atoms with Gasteiger partial charge in [-0.2, -0.15) is 0 Å². The van der Waals surface area contributed by atoms with E-state index in [4.69, 9.17) is 0 Å². The molecule has 0 atom stereocenters. The Morgan fingerprint density at radius 2 is 1.92 bits per heavy atom. The molecule has 0 saturated heterocycles. The molecule has 0 spiro atoms. The van der Waals surface area contributed by atoms with Crippen molar-refractivity contribution in [1.29, 1.82) is 0 Å². The van der Waals surface area contributed by atoms with E-state index < -0.39 is 0 Å². The van der Waals surface area contributed by atoms with Crippen LogP contribution in [-0.4, -0.2) is 42.8 Å². The van der Waals surface area contributed by atoms with Crippen molar-refractivity contribution in [2.24, 2.45) is 0 Å². The second kappa shape index (κ2) is 5.63. The molecule has 0 aliphatic rings. The SMILES string of the molecule is CC(C)c1cccc(=O)c(O)c1.[CaH2]. The molecule has 0 fully saturated rings. The standard InChI is InChI=1S/C10H12O2.Ca.2H/c1-7(2)8-4-3-5-9(11)10(12)6-8;;;/h3-7H,1-2H3,(H,11,12);;;. The van der Waals surface area contributed by atoms with Gasteiger partial charge in [-0.05, 0) is 23.6 Å². The van der Waals surface area contributed by atoms with Crippen molar-refractivity contribution >= 4 is 37.7 Å². The maximum atomic E-state index is 10.9. The summed E-state index contributed by atoms with van der Waals surface area (Å²) in [5.74, 6) is 0.145. The van der Waals surface area contributed by atoms with E-state index in [-0.39, 0.29) is 48.9 Å². The third-order valence-electron chi connectivity index (χ3n) is 1.76. The van der Waals surface area contributed by atoms with Crippen LogP contribution < -0.4 is 5.43 Å². The zero-order valence-electron chi connectivity index (χ0n) is 7.24. The van der Waals surface area contributed by atoms with Crippen molar-refractivity contribution in [3.8, 4) is 5.75 Å². The first-order valence-corrected chi connectivity index (χ1v) is 3.94. The van der Waals surface area contributed by atoms with Gasteiger partial charge in [0.1, 0.15) is 0 Å². The molecule has 0 amide bonds. The molecule has 0 aromatic heterocycles. The Morgan fingerprint density at radius 1 is 1.31 bits per heavy atom. The second-order valence-electron chi connectivity index (χ2n) is 3.07. The molecule has 3 heteroatoms. The van der Waals surface area contributed by atoms with Gasteiger partial charge in [0.2, 0.25) is 5.43 Å². The maximum absolute atomic E-state index is 10.9. The summed E-state index contributed by atoms with van der Waals surface area (Å²) in [5, 5.41) is 9.20. The topological polar surface area (TPSA) is 37.3 Å². The van der Waals surface area contributed by atoms with Crippen molar-refractivity contribution in [2.75, 3.05) is 0 Å². The van der Waals surface area contributed by atoms with E-state index in [1.54, 1.807) is 6.07 Å². The van der Waals surface area contributed by atoms with Crippen LogP contribution in [0.1, 0.15) is 25.3 Å². The van der Waals surface area contributed by atoms with Crippen molar-refractivity contribution in [3.05, 3.63) is 40.1 Å². The van der Waals surface area contributed by atoms with Crippen LogP contribution >= 0.6 is 0 Å². The van der Waals surface area contributed by atoms with Gasteiger partial charge in [-0.1, -0.05) is 26.0 Å². The van der Waals surface area contributed by atoms with Gasteiger partial charge < -0.3 is 5.11 Å². The number of rotatable bonds is 1. The number of aromatic hydroxyl groups is 1. The first-order chi connectivity index (χ1) is 5.61. The minimum atomic E-state index is -0.332. The first-order valence-electron chi connectivity index (χ1n) is 3.94. The molecular weight excluding hydrogens is 192 g/mol. The molecule has 0 saturated carbocycles. The monoisotopic (exact) mass is 206 g/mol. The Hall–Kier alpha value is -0.0503. The van der Waals surface area contributed by atoms with Crippen LogP contribution in [0.15, 0.2) is 29.1 Å². The Bertz CT molecular complexity index is 334. The van der Waals surface area contributed by atoms with E-state index >= 15 is 0 Å². The predicted octanol–water partition coefficient (Wildman–Crippen LogP) is 0.960. The van der Waals surface area contributed by atoms with Gasteiger partial charge in [0.15, 0.2) is 5.75 Å². The quantitative estimate of drug-likeness (QED) is 0.695. The molecule has 68 valence electrons.